The standard InChI is InChI=1S/C20H18N4O2/c1-15(26-18-10-6-5-7-16(18)13-21)20(25)23-14-19-22-11-12-24(19)17-8-3-2-4-9-17/h2-12,15H,14H2,1H3,(H,23,25). The number of imidazole rings is 1. The van der Waals surface area contributed by atoms with E-state index in [-0.39, 0.29) is 12.5 Å². The van der Waals surface area contributed by atoms with Gasteiger partial charge in [-0.05, 0) is 31.2 Å². The molecular formula is C20H18N4O2. The maximum absolute atomic E-state index is 12.3. The number of hydrogen-bond acceptors (Lipinski definition) is 4. The van der Waals surface area contributed by atoms with Crippen molar-refractivity contribution < 1.29 is 9.53 Å². The van der Waals surface area contributed by atoms with Crippen molar-refractivity contribution in [1.29, 1.82) is 5.26 Å². The average Bonchev–Trinajstić information content (AvgIpc) is 3.15. The lowest BCUT2D eigenvalue weighted by Crippen LogP contribution is -2.36. The van der Waals surface area contributed by atoms with Crippen LogP contribution in [-0.4, -0.2) is 21.6 Å². The van der Waals surface area contributed by atoms with Crippen molar-refractivity contribution in [1.82, 2.24) is 14.9 Å². The van der Waals surface area contributed by atoms with Gasteiger partial charge >= 0.3 is 0 Å². The van der Waals surface area contributed by atoms with Crippen LogP contribution in [0.1, 0.15) is 18.3 Å². The minimum atomic E-state index is -0.732. The molecule has 0 aliphatic rings. The van der Waals surface area contributed by atoms with Crippen LogP contribution in [0.2, 0.25) is 0 Å². The van der Waals surface area contributed by atoms with Crippen molar-refractivity contribution in [3.05, 3.63) is 78.4 Å². The van der Waals surface area contributed by atoms with Crippen LogP contribution >= 0.6 is 0 Å². The van der Waals surface area contributed by atoms with Gasteiger partial charge in [0, 0.05) is 18.1 Å². The van der Waals surface area contributed by atoms with E-state index in [2.05, 4.69) is 10.3 Å². The second kappa shape index (κ2) is 7.99. The molecule has 1 aromatic heterocycles. The number of nitrogens with one attached hydrogen (secondary N) is 1. The summed E-state index contributed by atoms with van der Waals surface area (Å²) in [5.41, 5.74) is 1.37. The maximum atomic E-state index is 12.3. The molecule has 3 aromatic rings. The van der Waals surface area contributed by atoms with Crippen molar-refractivity contribution in [3.63, 3.8) is 0 Å². The Morgan fingerprint density at radius 3 is 2.73 bits per heavy atom. The SMILES string of the molecule is CC(Oc1ccccc1C#N)C(=O)NCc1nccn1-c1ccccc1. The molecule has 6 nitrogen and oxygen atoms in total. The zero-order valence-electron chi connectivity index (χ0n) is 14.3. The monoisotopic (exact) mass is 346 g/mol. The van der Waals surface area contributed by atoms with Crippen LogP contribution in [0.4, 0.5) is 0 Å². The van der Waals surface area contributed by atoms with E-state index >= 15 is 0 Å². The van der Waals surface area contributed by atoms with Crippen LogP contribution in [0, 0.1) is 11.3 Å². The summed E-state index contributed by atoms with van der Waals surface area (Å²) in [6.45, 7) is 1.92. The van der Waals surface area contributed by atoms with Crippen LogP contribution in [-0.2, 0) is 11.3 Å². The Bertz CT molecular complexity index is 928. The van der Waals surface area contributed by atoms with Crippen molar-refractivity contribution in [2.45, 2.75) is 19.6 Å². The quantitative estimate of drug-likeness (QED) is 0.744. The van der Waals surface area contributed by atoms with Crippen molar-refractivity contribution in [2.75, 3.05) is 0 Å². The van der Waals surface area contributed by atoms with Crippen molar-refractivity contribution in [2.24, 2.45) is 0 Å². The van der Waals surface area contributed by atoms with Crippen LogP contribution in [0.5, 0.6) is 5.75 Å². The minimum absolute atomic E-state index is 0.272. The van der Waals surface area contributed by atoms with Gasteiger partial charge in [-0.3, -0.25) is 4.79 Å². The van der Waals surface area contributed by atoms with Gasteiger partial charge in [0.25, 0.3) is 5.91 Å². The third kappa shape index (κ3) is 3.90. The van der Waals surface area contributed by atoms with E-state index < -0.39 is 6.10 Å². The molecule has 26 heavy (non-hydrogen) atoms. The first kappa shape index (κ1) is 17.2. The number of ether oxygens (including phenoxy) is 1. The maximum Gasteiger partial charge on any atom is 0.261 e. The van der Waals surface area contributed by atoms with Crippen LogP contribution in [0.25, 0.3) is 5.69 Å². The fourth-order valence-corrected chi connectivity index (χ4v) is 2.50. The number of nitriles is 1. The van der Waals surface area contributed by atoms with Gasteiger partial charge in [0.05, 0.1) is 12.1 Å². The number of hydrogen-bond donors (Lipinski definition) is 1. The Kier molecular flexibility index (Phi) is 5.30. The average molecular weight is 346 g/mol. The zero-order chi connectivity index (χ0) is 18.4. The van der Waals surface area contributed by atoms with Crippen LogP contribution < -0.4 is 10.1 Å². The fourth-order valence-electron chi connectivity index (χ4n) is 2.50. The highest BCUT2D eigenvalue weighted by Crippen LogP contribution is 2.18. The molecule has 2 aromatic carbocycles. The van der Waals surface area contributed by atoms with Gasteiger partial charge in [-0.1, -0.05) is 30.3 Å². The lowest BCUT2D eigenvalue weighted by molar-refractivity contribution is -0.127. The number of aromatic nitrogens is 2. The first-order chi connectivity index (χ1) is 12.7. The van der Waals surface area contributed by atoms with Gasteiger partial charge in [-0.15, -0.1) is 0 Å². The molecule has 0 fully saturated rings. The molecule has 3 rings (SSSR count). The second-order valence-electron chi connectivity index (χ2n) is 5.63. The van der Waals surface area contributed by atoms with E-state index in [0.29, 0.717) is 17.1 Å². The number of amides is 1. The molecule has 1 heterocycles. The van der Waals surface area contributed by atoms with Gasteiger partial charge in [-0.25, -0.2) is 4.98 Å². The molecule has 0 aliphatic carbocycles. The number of nitrogens with zero attached hydrogens (tertiary/aromatic N) is 3. The summed E-state index contributed by atoms with van der Waals surface area (Å²) in [7, 11) is 0. The fraction of sp³-hybridized carbons (Fsp3) is 0.150. The highest BCUT2D eigenvalue weighted by Gasteiger charge is 2.17. The molecule has 1 N–H and O–H groups in total. The summed E-state index contributed by atoms with van der Waals surface area (Å²) in [4.78, 5) is 16.6. The number of benzene rings is 2. The number of para-hydroxylation sites is 2. The summed E-state index contributed by atoms with van der Waals surface area (Å²) in [5.74, 6) is 0.831. The topological polar surface area (TPSA) is 79.9 Å². The Hall–Kier alpha value is -3.59. The molecule has 0 saturated heterocycles. The summed E-state index contributed by atoms with van der Waals surface area (Å²) in [5, 5.41) is 11.9. The van der Waals surface area contributed by atoms with E-state index in [1.807, 2.05) is 47.2 Å². The van der Waals surface area contributed by atoms with E-state index in [9.17, 15) is 4.79 Å². The predicted molar refractivity (Wildman–Crippen MR) is 96.7 cm³/mol. The minimum Gasteiger partial charge on any atom is -0.480 e. The smallest absolute Gasteiger partial charge is 0.261 e. The van der Waals surface area contributed by atoms with Gasteiger partial charge < -0.3 is 14.6 Å². The molecule has 0 bridgehead atoms. The number of carbonyl (C=O) groups excluding carboxylic acids is 1. The molecule has 1 unspecified atom stereocenters. The highest BCUT2D eigenvalue weighted by atomic mass is 16.5. The molecule has 0 saturated carbocycles. The Morgan fingerprint density at radius 1 is 1.23 bits per heavy atom. The third-order valence-electron chi connectivity index (χ3n) is 3.85. The van der Waals surface area contributed by atoms with E-state index in [4.69, 9.17) is 10.00 Å². The van der Waals surface area contributed by atoms with Crippen molar-refractivity contribution >= 4 is 5.91 Å². The third-order valence-corrected chi connectivity index (χ3v) is 3.85. The normalized spacial score (nSPS) is 11.4. The summed E-state index contributed by atoms with van der Waals surface area (Å²) in [6, 6.07) is 18.7. The van der Waals surface area contributed by atoms with Gasteiger partial charge in [0.1, 0.15) is 17.6 Å². The van der Waals surface area contributed by atoms with E-state index in [1.165, 1.54) is 0 Å². The number of carbonyl (C=O) groups is 1. The lowest BCUT2D eigenvalue weighted by Gasteiger charge is -2.15. The number of rotatable bonds is 6. The zero-order valence-corrected chi connectivity index (χ0v) is 14.3. The van der Waals surface area contributed by atoms with Crippen molar-refractivity contribution in [3.8, 4) is 17.5 Å². The Morgan fingerprint density at radius 2 is 1.96 bits per heavy atom. The Labute approximate surface area is 151 Å². The van der Waals surface area contributed by atoms with Gasteiger partial charge in [-0.2, -0.15) is 5.26 Å². The molecule has 1 atom stereocenters. The molecule has 0 aliphatic heterocycles. The first-order valence-electron chi connectivity index (χ1n) is 8.20. The molecule has 1 amide bonds. The summed E-state index contributed by atoms with van der Waals surface area (Å²) >= 11 is 0. The van der Waals surface area contributed by atoms with E-state index in [0.717, 1.165) is 5.69 Å². The molecule has 6 heteroatoms. The second-order valence-corrected chi connectivity index (χ2v) is 5.63. The molecule has 0 spiro atoms. The predicted octanol–water partition coefficient (Wildman–Crippen LogP) is 2.83. The summed E-state index contributed by atoms with van der Waals surface area (Å²) in [6.07, 6.45) is 2.81. The molecule has 0 radical (unpaired) electrons. The molecule has 130 valence electrons. The highest BCUT2D eigenvalue weighted by molar-refractivity contribution is 5.80. The van der Waals surface area contributed by atoms with Gasteiger partial charge in [0.15, 0.2) is 6.10 Å². The largest absolute Gasteiger partial charge is 0.480 e. The van der Waals surface area contributed by atoms with E-state index in [1.54, 1.807) is 37.4 Å². The Balaban J connectivity index is 1.63. The first-order valence-corrected chi connectivity index (χ1v) is 8.20. The van der Waals surface area contributed by atoms with Gasteiger partial charge in [0.2, 0.25) is 0 Å². The van der Waals surface area contributed by atoms with Crippen LogP contribution in [0.15, 0.2) is 67.0 Å². The summed E-state index contributed by atoms with van der Waals surface area (Å²) < 4.78 is 7.53. The molecular weight excluding hydrogens is 328 g/mol. The van der Waals surface area contributed by atoms with Crippen LogP contribution in [0.3, 0.4) is 0 Å². The lowest BCUT2D eigenvalue weighted by atomic mass is 10.2.